The van der Waals surface area contributed by atoms with Crippen LogP contribution in [0.3, 0.4) is 0 Å². The summed E-state index contributed by atoms with van der Waals surface area (Å²) in [4.78, 5) is 0. The van der Waals surface area contributed by atoms with Gasteiger partial charge in [0.25, 0.3) is 0 Å². The Morgan fingerprint density at radius 3 is 2.32 bits per heavy atom. The van der Waals surface area contributed by atoms with E-state index >= 15 is 0 Å². The van der Waals surface area contributed by atoms with Crippen molar-refractivity contribution in [2.24, 2.45) is 5.41 Å². The van der Waals surface area contributed by atoms with E-state index in [1.165, 1.54) is 0 Å². The Hall–Kier alpha value is -1.26. The normalized spacial score (nSPS) is 11.5. The molecule has 1 rings (SSSR count). The molecule has 4 heteroatoms. The first kappa shape index (κ1) is 15.8. The summed E-state index contributed by atoms with van der Waals surface area (Å²) in [6.07, 6.45) is 0. The van der Waals surface area contributed by atoms with Crippen molar-refractivity contribution >= 4 is 0 Å². The number of hydrogen-bond acceptors (Lipinski definition) is 4. The highest BCUT2D eigenvalue weighted by Gasteiger charge is 2.16. The number of aliphatic hydroxyl groups is 1. The monoisotopic (exact) mass is 267 g/mol. The molecule has 0 fully saturated rings. The minimum Gasteiger partial charge on any atom is -0.496 e. The molecule has 0 unspecified atom stereocenters. The number of nitrogens with one attached hydrogen (secondary N) is 1. The minimum atomic E-state index is -0.123. The summed E-state index contributed by atoms with van der Waals surface area (Å²) in [5.74, 6) is 1.71. The maximum atomic E-state index is 9.23. The molecule has 1 aromatic rings. The molecule has 2 N–H and O–H groups in total. The van der Waals surface area contributed by atoms with Crippen molar-refractivity contribution in [1.29, 1.82) is 0 Å². The van der Waals surface area contributed by atoms with Gasteiger partial charge in [-0.2, -0.15) is 0 Å². The van der Waals surface area contributed by atoms with Crippen LogP contribution in [-0.4, -0.2) is 32.5 Å². The Kier molecular flexibility index (Phi) is 5.63. The Morgan fingerprint density at radius 2 is 1.79 bits per heavy atom. The van der Waals surface area contributed by atoms with Crippen molar-refractivity contribution in [3.8, 4) is 11.5 Å². The third-order valence-electron chi connectivity index (χ3n) is 3.14. The highest BCUT2D eigenvalue weighted by atomic mass is 16.5. The van der Waals surface area contributed by atoms with E-state index in [1.807, 2.05) is 32.9 Å². The fourth-order valence-corrected chi connectivity index (χ4v) is 1.84. The van der Waals surface area contributed by atoms with Crippen LogP contribution in [0.4, 0.5) is 0 Å². The topological polar surface area (TPSA) is 50.7 Å². The number of methoxy groups -OCH3 is 2. The molecule has 108 valence electrons. The second-order valence-electron chi connectivity index (χ2n) is 5.56. The number of ether oxygens (including phenoxy) is 2. The average Bonchev–Trinajstić information content (AvgIpc) is 2.39. The molecule has 0 atom stereocenters. The fraction of sp³-hybridized carbons (Fsp3) is 0.600. The fourth-order valence-electron chi connectivity index (χ4n) is 1.84. The van der Waals surface area contributed by atoms with Gasteiger partial charge in [-0.25, -0.2) is 0 Å². The zero-order valence-corrected chi connectivity index (χ0v) is 12.5. The third-order valence-corrected chi connectivity index (χ3v) is 3.14. The summed E-state index contributed by atoms with van der Waals surface area (Å²) in [6, 6.07) is 3.97. The first-order chi connectivity index (χ1) is 8.93. The number of rotatable bonds is 7. The zero-order valence-electron chi connectivity index (χ0n) is 12.5. The lowest BCUT2D eigenvalue weighted by Gasteiger charge is -2.22. The van der Waals surface area contributed by atoms with Crippen molar-refractivity contribution in [3.63, 3.8) is 0 Å². The van der Waals surface area contributed by atoms with Crippen molar-refractivity contribution < 1.29 is 14.6 Å². The smallest absolute Gasteiger partial charge is 0.123 e. The molecule has 1 aromatic carbocycles. The highest BCUT2D eigenvalue weighted by molar-refractivity contribution is 5.45. The largest absolute Gasteiger partial charge is 0.496 e. The molecule has 0 spiro atoms. The molecular formula is C15H25NO3. The van der Waals surface area contributed by atoms with Crippen molar-refractivity contribution in [2.45, 2.75) is 27.3 Å². The quantitative estimate of drug-likeness (QED) is 0.794. The Balaban J connectivity index is 2.77. The second kappa shape index (κ2) is 6.78. The molecule has 0 saturated carbocycles. The molecule has 0 aliphatic carbocycles. The van der Waals surface area contributed by atoms with E-state index in [1.54, 1.807) is 14.2 Å². The molecule has 0 saturated heterocycles. The lowest BCUT2D eigenvalue weighted by atomic mass is 9.95. The summed E-state index contributed by atoms with van der Waals surface area (Å²) in [5.41, 5.74) is 1.99. The number of aryl methyl sites for hydroxylation is 1. The van der Waals surface area contributed by atoms with Gasteiger partial charge in [0.15, 0.2) is 0 Å². The minimum absolute atomic E-state index is 0.123. The van der Waals surface area contributed by atoms with Gasteiger partial charge in [0.05, 0.1) is 14.2 Å². The van der Waals surface area contributed by atoms with Gasteiger partial charge in [0.1, 0.15) is 11.5 Å². The van der Waals surface area contributed by atoms with E-state index < -0.39 is 0 Å². The van der Waals surface area contributed by atoms with Crippen LogP contribution in [0.25, 0.3) is 0 Å². The van der Waals surface area contributed by atoms with Crippen LogP contribution >= 0.6 is 0 Å². The van der Waals surface area contributed by atoms with Crippen molar-refractivity contribution in [3.05, 3.63) is 23.3 Å². The van der Waals surface area contributed by atoms with Gasteiger partial charge in [-0.05, 0) is 24.6 Å². The van der Waals surface area contributed by atoms with E-state index in [2.05, 4.69) is 5.32 Å². The van der Waals surface area contributed by atoms with Crippen LogP contribution < -0.4 is 14.8 Å². The van der Waals surface area contributed by atoms with E-state index in [4.69, 9.17) is 9.47 Å². The van der Waals surface area contributed by atoms with Gasteiger partial charge >= 0.3 is 0 Å². The van der Waals surface area contributed by atoms with Crippen LogP contribution in [0.15, 0.2) is 12.1 Å². The van der Waals surface area contributed by atoms with Crippen LogP contribution in [0.5, 0.6) is 11.5 Å². The van der Waals surface area contributed by atoms with Gasteiger partial charge in [-0.15, -0.1) is 0 Å². The summed E-state index contributed by atoms with van der Waals surface area (Å²) < 4.78 is 10.7. The van der Waals surface area contributed by atoms with E-state index in [0.29, 0.717) is 6.54 Å². The Labute approximate surface area is 115 Å². The lowest BCUT2D eigenvalue weighted by Crippen LogP contribution is -2.32. The predicted molar refractivity (Wildman–Crippen MR) is 76.9 cm³/mol. The summed E-state index contributed by atoms with van der Waals surface area (Å²) in [6.45, 7) is 7.62. The van der Waals surface area contributed by atoms with Gasteiger partial charge in [-0.1, -0.05) is 13.8 Å². The molecule has 0 radical (unpaired) electrons. The van der Waals surface area contributed by atoms with Gasteiger partial charge in [-0.3, -0.25) is 0 Å². The van der Waals surface area contributed by atoms with Crippen molar-refractivity contribution in [2.75, 3.05) is 27.4 Å². The SMILES string of the molecule is COc1cc(CNCC(C)(C)CO)c(OC)cc1C. The molecule has 0 aromatic heterocycles. The van der Waals surface area contributed by atoms with Crippen LogP contribution in [0, 0.1) is 12.3 Å². The van der Waals surface area contributed by atoms with Crippen molar-refractivity contribution in [1.82, 2.24) is 5.32 Å². The van der Waals surface area contributed by atoms with Crippen LogP contribution in [-0.2, 0) is 6.54 Å². The molecule has 4 nitrogen and oxygen atoms in total. The maximum Gasteiger partial charge on any atom is 0.123 e. The summed E-state index contributed by atoms with van der Waals surface area (Å²) in [5, 5.41) is 12.6. The Bertz CT molecular complexity index is 416. The number of hydrogen-bond donors (Lipinski definition) is 2. The Morgan fingerprint density at radius 1 is 1.16 bits per heavy atom. The molecular weight excluding hydrogens is 242 g/mol. The maximum absolute atomic E-state index is 9.23. The highest BCUT2D eigenvalue weighted by Crippen LogP contribution is 2.28. The molecule has 0 heterocycles. The standard InChI is InChI=1S/C15H25NO3/c1-11-6-14(19-5)12(7-13(11)18-4)8-16-9-15(2,3)10-17/h6-7,16-17H,8-10H2,1-5H3. The van der Waals surface area contributed by atoms with E-state index in [-0.39, 0.29) is 12.0 Å². The summed E-state index contributed by atoms with van der Waals surface area (Å²) >= 11 is 0. The predicted octanol–water partition coefficient (Wildman–Crippen LogP) is 2.12. The zero-order chi connectivity index (χ0) is 14.5. The molecule has 0 aliphatic rings. The van der Waals surface area contributed by atoms with E-state index in [9.17, 15) is 5.11 Å². The van der Waals surface area contributed by atoms with E-state index in [0.717, 1.165) is 29.2 Å². The van der Waals surface area contributed by atoms with Gasteiger partial charge in [0, 0.05) is 30.7 Å². The van der Waals surface area contributed by atoms with Gasteiger partial charge in [0.2, 0.25) is 0 Å². The molecule has 0 aliphatic heterocycles. The first-order valence-corrected chi connectivity index (χ1v) is 6.46. The second-order valence-corrected chi connectivity index (χ2v) is 5.56. The van der Waals surface area contributed by atoms with Crippen LogP contribution in [0.1, 0.15) is 25.0 Å². The molecule has 19 heavy (non-hydrogen) atoms. The van der Waals surface area contributed by atoms with Crippen LogP contribution in [0.2, 0.25) is 0 Å². The van der Waals surface area contributed by atoms with Gasteiger partial charge < -0.3 is 19.9 Å². The average molecular weight is 267 g/mol. The number of benzene rings is 1. The summed E-state index contributed by atoms with van der Waals surface area (Å²) in [7, 11) is 3.34. The lowest BCUT2D eigenvalue weighted by molar-refractivity contribution is 0.156. The molecule has 0 bridgehead atoms. The first-order valence-electron chi connectivity index (χ1n) is 6.46. The molecule has 0 amide bonds. The third kappa shape index (κ3) is 4.40. The number of aliphatic hydroxyl groups excluding tert-OH is 1.